The molecule has 0 spiro atoms. The fourth-order valence-corrected chi connectivity index (χ4v) is 1.53. The zero-order chi connectivity index (χ0) is 11.8. The maximum atomic E-state index is 9.64. The summed E-state index contributed by atoms with van der Waals surface area (Å²) in [5.74, 6) is 0.0504. The van der Waals surface area contributed by atoms with Crippen LogP contribution in [-0.2, 0) is 0 Å². The molecule has 0 aliphatic rings. The second kappa shape index (κ2) is 8.05. The van der Waals surface area contributed by atoms with Gasteiger partial charge in [-0.2, -0.15) is 0 Å². The van der Waals surface area contributed by atoms with Gasteiger partial charge in [-0.3, -0.25) is 0 Å². The molecule has 0 amide bonds. The van der Waals surface area contributed by atoms with Crippen LogP contribution < -0.4 is 0 Å². The van der Waals surface area contributed by atoms with Crippen LogP contribution in [-0.4, -0.2) is 45.8 Å². The lowest BCUT2D eigenvalue weighted by molar-refractivity contribution is 0.0212. The van der Waals surface area contributed by atoms with Crippen molar-refractivity contribution in [1.82, 2.24) is 0 Å². The summed E-state index contributed by atoms with van der Waals surface area (Å²) in [5.41, 5.74) is 0. The second-order valence-electron chi connectivity index (χ2n) is 4.47. The molecule has 4 nitrogen and oxygen atoms in total. The van der Waals surface area contributed by atoms with Gasteiger partial charge in [-0.05, 0) is 25.2 Å². The molecule has 15 heavy (non-hydrogen) atoms. The Morgan fingerprint density at radius 3 is 2.07 bits per heavy atom. The van der Waals surface area contributed by atoms with Crippen LogP contribution in [0.3, 0.4) is 0 Å². The van der Waals surface area contributed by atoms with Crippen molar-refractivity contribution >= 4 is 0 Å². The first kappa shape index (κ1) is 14.8. The minimum atomic E-state index is -0.661. The molecule has 0 heterocycles. The van der Waals surface area contributed by atoms with Crippen molar-refractivity contribution in [2.45, 2.75) is 45.3 Å². The van der Waals surface area contributed by atoms with Gasteiger partial charge in [0.1, 0.15) is 0 Å². The zero-order valence-corrected chi connectivity index (χ0v) is 9.63. The van der Waals surface area contributed by atoms with E-state index < -0.39 is 12.2 Å². The average molecular weight is 220 g/mol. The zero-order valence-electron chi connectivity index (χ0n) is 9.63. The SMILES string of the molecule is CC(CCO)CC(O)CC(O)C(C)CO. The molecule has 0 saturated carbocycles. The minimum absolute atomic E-state index is 0.0694. The van der Waals surface area contributed by atoms with Gasteiger partial charge >= 0.3 is 0 Å². The molecule has 0 saturated heterocycles. The van der Waals surface area contributed by atoms with Gasteiger partial charge < -0.3 is 20.4 Å². The Morgan fingerprint density at radius 2 is 1.60 bits per heavy atom. The fourth-order valence-electron chi connectivity index (χ4n) is 1.53. The quantitative estimate of drug-likeness (QED) is 0.469. The van der Waals surface area contributed by atoms with Crippen LogP contribution in [0.4, 0.5) is 0 Å². The van der Waals surface area contributed by atoms with E-state index in [0.29, 0.717) is 12.8 Å². The van der Waals surface area contributed by atoms with E-state index >= 15 is 0 Å². The Bertz CT molecular complexity index is 152. The van der Waals surface area contributed by atoms with E-state index in [4.69, 9.17) is 10.2 Å². The fraction of sp³-hybridized carbons (Fsp3) is 1.00. The first-order chi connectivity index (χ1) is 7.01. The summed E-state index contributed by atoms with van der Waals surface area (Å²) in [5, 5.41) is 36.7. The lowest BCUT2D eigenvalue weighted by atomic mass is 9.93. The number of hydrogen-bond acceptors (Lipinski definition) is 4. The van der Waals surface area contributed by atoms with Crippen molar-refractivity contribution in [2.24, 2.45) is 11.8 Å². The molecule has 4 unspecified atom stereocenters. The van der Waals surface area contributed by atoms with Crippen molar-refractivity contribution in [1.29, 1.82) is 0 Å². The van der Waals surface area contributed by atoms with E-state index in [1.165, 1.54) is 0 Å². The molecule has 0 bridgehead atoms. The van der Waals surface area contributed by atoms with Crippen LogP contribution in [0.2, 0.25) is 0 Å². The van der Waals surface area contributed by atoms with E-state index in [9.17, 15) is 10.2 Å². The van der Waals surface area contributed by atoms with Gasteiger partial charge in [0.05, 0.1) is 12.2 Å². The van der Waals surface area contributed by atoms with Gasteiger partial charge in [-0.15, -0.1) is 0 Å². The standard InChI is InChI=1S/C11H24O4/c1-8(3-4-12)5-10(14)6-11(15)9(2)7-13/h8-15H,3-7H2,1-2H3. The van der Waals surface area contributed by atoms with Gasteiger partial charge in [-0.25, -0.2) is 0 Å². The maximum absolute atomic E-state index is 9.64. The summed E-state index contributed by atoms with van der Waals surface area (Å²) in [6.07, 6.45) is 0.317. The number of aliphatic hydroxyl groups excluding tert-OH is 4. The summed E-state index contributed by atoms with van der Waals surface area (Å²) in [4.78, 5) is 0. The molecule has 4 atom stereocenters. The highest BCUT2D eigenvalue weighted by Crippen LogP contribution is 2.16. The van der Waals surface area contributed by atoms with Crippen molar-refractivity contribution in [3.05, 3.63) is 0 Å². The van der Waals surface area contributed by atoms with Crippen LogP contribution >= 0.6 is 0 Å². The van der Waals surface area contributed by atoms with E-state index in [-0.39, 0.29) is 31.5 Å². The molecule has 0 rings (SSSR count). The molecule has 4 heteroatoms. The third kappa shape index (κ3) is 6.84. The molecule has 0 aromatic carbocycles. The highest BCUT2D eigenvalue weighted by atomic mass is 16.3. The predicted molar refractivity (Wildman–Crippen MR) is 58.4 cm³/mol. The van der Waals surface area contributed by atoms with Crippen molar-refractivity contribution in [3.8, 4) is 0 Å². The normalized spacial score (nSPS) is 19.6. The number of aliphatic hydroxyl groups is 4. The Labute approximate surface area is 91.6 Å². The van der Waals surface area contributed by atoms with E-state index in [0.717, 1.165) is 0 Å². The first-order valence-electron chi connectivity index (χ1n) is 5.59. The molecule has 4 N–H and O–H groups in total. The van der Waals surface area contributed by atoms with Crippen molar-refractivity contribution in [3.63, 3.8) is 0 Å². The van der Waals surface area contributed by atoms with Crippen LogP contribution in [0.15, 0.2) is 0 Å². The molecule has 0 aromatic heterocycles. The van der Waals surface area contributed by atoms with Crippen LogP contribution in [0.5, 0.6) is 0 Å². The lowest BCUT2D eigenvalue weighted by Gasteiger charge is -2.21. The van der Waals surface area contributed by atoms with E-state index in [2.05, 4.69) is 0 Å². The number of hydrogen-bond donors (Lipinski definition) is 4. The lowest BCUT2D eigenvalue weighted by Crippen LogP contribution is -2.27. The molecular formula is C11H24O4. The van der Waals surface area contributed by atoms with Gasteiger partial charge in [0.25, 0.3) is 0 Å². The van der Waals surface area contributed by atoms with Crippen LogP contribution in [0.1, 0.15) is 33.1 Å². The summed E-state index contributed by atoms with van der Waals surface area (Å²) >= 11 is 0. The Balaban J connectivity index is 3.76. The first-order valence-corrected chi connectivity index (χ1v) is 5.59. The minimum Gasteiger partial charge on any atom is -0.396 e. The molecule has 0 fully saturated rings. The molecular weight excluding hydrogens is 196 g/mol. The van der Waals surface area contributed by atoms with Gasteiger partial charge in [-0.1, -0.05) is 13.8 Å². The Kier molecular flexibility index (Phi) is 7.96. The molecule has 92 valence electrons. The predicted octanol–water partition coefficient (Wildman–Crippen LogP) is 0.135. The summed E-state index contributed by atoms with van der Waals surface area (Å²) < 4.78 is 0. The van der Waals surface area contributed by atoms with E-state index in [1.807, 2.05) is 6.92 Å². The van der Waals surface area contributed by atoms with Gasteiger partial charge in [0.2, 0.25) is 0 Å². The highest BCUT2D eigenvalue weighted by molar-refractivity contribution is 4.70. The number of rotatable bonds is 8. The van der Waals surface area contributed by atoms with E-state index in [1.54, 1.807) is 6.92 Å². The molecule has 0 aliphatic heterocycles. The third-order valence-electron chi connectivity index (χ3n) is 2.75. The van der Waals surface area contributed by atoms with Crippen LogP contribution in [0, 0.1) is 11.8 Å². The molecule has 0 aliphatic carbocycles. The Hall–Kier alpha value is -0.160. The summed E-state index contributed by atoms with van der Waals surface area (Å²) in [6.45, 7) is 3.76. The van der Waals surface area contributed by atoms with Gasteiger partial charge in [0, 0.05) is 19.1 Å². The smallest absolute Gasteiger partial charge is 0.0612 e. The largest absolute Gasteiger partial charge is 0.396 e. The average Bonchev–Trinajstić information content (AvgIpc) is 2.16. The third-order valence-corrected chi connectivity index (χ3v) is 2.75. The molecule has 0 radical (unpaired) electrons. The molecule has 0 aromatic rings. The highest BCUT2D eigenvalue weighted by Gasteiger charge is 2.19. The van der Waals surface area contributed by atoms with Crippen molar-refractivity contribution < 1.29 is 20.4 Å². The summed E-state index contributed by atoms with van der Waals surface area (Å²) in [6, 6.07) is 0. The topological polar surface area (TPSA) is 80.9 Å². The Morgan fingerprint density at radius 1 is 1.00 bits per heavy atom. The second-order valence-corrected chi connectivity index (χ2v) is 4.47. The maximum Gasteiger partial charge on any atom is 0.0612 e. The van der Waals surface area contributed by atoms with Crippen molar-refractivity contribution in [2.75, 3.05) is 13.2 Å². The monoisotopic (exact) mass is 220 g/mol. The van der Waals surface area contributed by atoms with Gasteiger partial charge in [0.15, 0.2) is 0 Å². The summed E-state index contributed by atoms with van der Waals surface area (Å²) in [7, 11) is 0. The van der Waals surface area contributed by atoms with Crippen LogP contribution in [0.25, 0.3) is 0 Å².